The number of rotatable bonds is 4. The van der Waals surface area contributed by atoms with Crippen molar-refractivity contribution in [2.24, 2.45) is 0 Å². The van der Waals surface area contributed by atoms with Gasteiger partial charge in [0.15, 0.2) is 0 Å². The number of nitrogens with one attached hydrogen (secondary N) is 1. The lowest BCUT2D eigenvalue weighted by molar-refractivity contribution is 0.752. The van der Waals surface area contributed by atoms with Gasteiger partial charge in [0.25, 0.3) is 0 Å². The second-order valence-electron chi connectivity index (χ2n) is 2.86. The van der Waals surface area contributed by atoms with Crippen LogP contribution in [0.25, 0.3) is 0 Å². The summed E-state index contributed by atoms with van der Waals surface area (Å²) in [7, 11) is 0. The molecular weight excluding hydrogens is 198 g/mol. The Balaban J connectivity index is 2.63. The number of terminal acetylenes is 1. The van der Waals surface area contributed by atoms with Crippen LogP contribution in [0, 0.1) is 12.3 Å². The Bertz CT molecular complexity index is 332. The topological polar surface area (TPSA) is 37.8 Å². The van der Waals surface area contributed by atoms with Crippen LogP contribution in [0.5, 0.6) is 0 Å². The quantitative estimate of drug-likeness (QED) is 0.611. The molecule has 0 spiro atoms. The highest BCUT2D eigenvalue weighted by Gasteiger charge is 2.04. The number of anilines is 1. The summed E-state index contributed by atoms with van der Waals surface area (Å²) in [5.41, 5.74) is 0. The van der Waals surface area contributed by atoms with E-state index in [0.717, 1.165) is 12.8 Å². The van der Waals surface area contributed by atoms with Gasteiger partial charge in [-0.3, -0.25) is 0 Å². The van der Waals surface area contributed by atoms with Crippen LogP contribution in [0.4, 0.5) is 5.82 Å². The third kappa shape index (κ3) is 3.23. The van der Waals surface area contributed by atoms with Crippen LogP contribution in [0.3, 0.4) is 0 Å². The fourth-order valence-corrected chi connectivity index (χ4v) is 1.23. The molecule has 1 unspecified atom stereocenters. The molecule has 3 nitrogen and oxygen atoms in total. The largest absolute Gasteiger partial charge is 0.356 e. The Labute approximate surface area is 88.9 Å². The van der Waals surface area contributed by atoms with Crippen molar-refractivity contribution in [2.75, 3.05) is 5.32 Å². The molecular formula is C10H12ClN3. The molecule has 4 heteroatoms. The van der Waals surface area contributed by atoms with Crippen LogP contribution < -0.4 is 5.32 Å². The molecule has 0 aliphatic rings. The van der Waals surface area contributed by atoms with Crippen molar-refractivity contribution in [3.63, 3.8) is 0 Å². The molecule has 0 aromatic carbocycles. The van der Waals surface area contributed by atoms with Crippen molar-refractivity contribution < 1.29 is 0 Å². The highest BCUT2D eigenvalue weighted by Crippen LogP contribution is 2.09. The second kappa shape index (κ2) is 5.46. The molecule has 0 bridgehead atoms. The molecule has 1 atom stereocenters. The predicted octanol–water partition coefficient (Wildman–Crippen LogP) is 2.34. The van der Waals surface area contributed by atoms with Crippen molar-refractivity contribution in [3.8, 4) is 12.3 Å². The van der Waals surface area contributed by atoms with Gasteiger partial charge >= 0.3 is 0 Å². The minimum absolute atomic E-state index is 0.00552. The second-order valence-corrected chi connectivity index (χ2v) is 3.20. The van der Waals surface area contributed by atoms with Crippen LogP contribution in [0.2, 0.25) is 5.28 Å². The zero-order valence-corrected chi connectivity index (χ0v) is 8.75. The first-order valence-corrected chi connectivity index (χ1v) is 4.85. The molecule has 1 aromatic rings. The maximum absolute atomic E-state index is 5.63. The van der Waals surface area contributed by atoms with E-state index in [0.29, 0.717) is 5.82 Å². The highest BCUT2D eigenvalue weighted by molar-refractivity contribution is 6.28. The first-order chi connectivity index (χ1) is 6.76. The Morgan fingerprint density at radius 1 is 1.71 bits per heavy atom. The Hall–Kier alpha value is -1.27. The molecule has 0 aliphatic carbocycles. The Kier molecular flexibility index (Phi) is 4.21. The molecule has 0 saturated carbocycles. The van der Waals surface area contributed by atoms with Gasteiger partial charge in [0.05, 0.1) is 6.04 Å². The average molecular weight is 210 g/mol. The maximum Gasteiger partial charge on any atom is 0.224 e. The molecule has 1 N–H and O–H groups in total. The van der Waals surface area contributed by atoms with Gasteiger partial charge < -0.3 is 5.32 Å². The molecule has 0 aliphatic heterocycles. The van der Waals surface area contributed by atoms with Gasteiger partial charge in [-0.1, -0.05) is 19.3 Å². The summed E-state index contributed by atoms with van der Waals surface area (Å²) < 4.78 is 0. The lowest BCUT2D eigenvalue weighted by Gasteiger charge is -2.11. The molecule has 0 saturated heterocycles. The summed E-state index contributed by atoms with van der Waals surface area (Å²) in [6, 6.07) is 1.75. The fraction of sp³-hybridized carbons (Fsp3) is 0.400. The normalized spacial score (nSPS) is 11.8. The summed E-state index contributed by atoms with van der Waals surface area (Å²) >= 11 is 5.63. The zero-order valence-electron chi connectivity index (χ0n) is 8.00. The molecule has 1 heterocycles. The first kappa shape index (κ1) is 10.8. The van der Waals surface area contributed by atoms with Gasteiger partial charge in [-0.15, -0.1) is 6.42 Å². The van der Waals surface area contributed by atoms with Crippen LogP contribution in [-0.2, 0) is 0 Å². The smallest absolute Gasteiger partial charge is 0.224 e. The third-order valence-corrected chi connectivity index (χ3v) is 1.91. The molecule has 0 amide bonds. The molecule has 14 heavy (non-hydrogen) atoms. The van der Waals surface area contributed by atoms with Gasteiger partial charge in [0.1, 0.15) is 5.82 Å². The van der Waals surface area contributed by atoms with E-state index < -0.39 is 0 Å². The number of aromatic nitrogens is 2. The van der Waals surface area contributed by atoms with Crippen LogP contribution in [0.1, 0.15) is 19.8 Å². The van der Waals surface area contributed by atoms with Gasteiger partial charge in [-0.25, -0.2) is 9.97 Å². The molecule has 74 valence electrons. The van der Waals surface area contributed by atoms with Gasteiger partial charge in [0, 0.05) is 6.20 Å². The monoisotopic (exact) mass is 209 g/mol. The zero-order chi connectivity index (χ0) is 10.4. The van der Waals surface area contributed by atoms with Gasteiger partial charge in [-0.2, -0.15) is 0 Å². The third-order valence-electron chi connectivity index (χ3n) is 1.73. The fourth-order valence-electron chi connectivity index (χ4n) is 1.08. The molecule has 0 fully saturated rings. The number of nitrogens with zero attached hydrogens (tertiary/aromatic N) is 2. The van der Waals surface area contributed by atoms with Crippen molar-refractivity contribution in [2.45, 2.75) is 25.8 Å². The summed E-state index contributed by atoms with van der Waals surface area (Å²) in [6.45, 7) is 2.08. The lowest BCUT2D eigenvalue weighted by Crippen LogP contribution is -2.17. The predicted molar refractivity (Wildman–Crippen MR) is 58.2 cm³/mol. The Morgan fingerprint density at radius 3 is 3.07 bits per heavy atom. The number of hydrogen-bond donors (Lipinski definition) is 1. The standard InChI is InChI=1S/C10H12ClN3/c1-3-5-8(4-2)13-9-6-7-12-10(11)14-9/h2,6-8H,3,5H2,1H3,(H,12,13,14). The summed E-state index contributed by atoms with van der Waals surface area (Å²) in [5.74, 6) is 3.32. The van der Waals surface area contributed by atoms with Crippen LogP contribution >= 0.6 is 11.6 Å². The number of halogens is 1. The average Bonchev–Trinajstić information content (AvgIpc) is 2.17. The SMILES string of the molecule is C#CC(CCC)Nc1ccnc(Cl)n1. The molecule has 1 rings (SSSR count). The maximum atomic E-state index is 5.63. The lowest BCUT2D eigenvalue weighted by atomic mass is 10.2. The van der Waals surface area contributed by atoms with Crippen LogP contribution in [0.15, 0.2) is 12.3 Å². The first-order valence-electron chi connectivity index (χ1n) is 4.47. The van der Waals surface area contributed by atoms with Crippen molar-refractivity contribution in [1.29, 1.82) is 0 Å². The summed E-state index contributed by atoms with van der Waals surface area (Å²) in [6.07, 6.45) is 8.89. The van der Waals surface area contributed by atoms with E-state index >= 15 is 0 Å². The van der Waals surface area contributed by atoms with E-state index in [9.17, 15) is 0 Å². The summed E-state index contributed by atoms with van der Waals surface area (Å²) in [5, 5.41) is 3.32. The van der Waals surface area contributed by atoms with Crippen molar-refractivity contribution in [3.05, 3.63) is 17.5 Å². The molecule has 0 radical (unpaired) electrons. The van der Waals surface area contributed by atoms with E-state index in [1.165, 1.54) is 0 Å². The summed E-state index contributed by atoms with van der Waals surface area (Å²) in [4.78, 5) is 7.77. The van der Waals surface area contributed by atoms with E-state index in [2.05, 4.69) is 28.1 Å². The van der Waals surface area contributed by atoms with Crippen LogP contribution in [-0.4, -0.2) is 16.0 Å². The van der Waals surface area contributed by atoms with E-state index in [1.54, 1.807) is 12.3 Å². The minimum Gasteiger partial charge on any atom is -0.356 e. The van der Waals surface area contributed by atoms with E-state index in [1.807, 2.05) is 0 Å². The molecule has 1 aromatic heterocycles. The van der Waals surface area contributed by atoms with E-state index in [4.69, 9.17) is 18.0 Å². The highest BCUT2D eigenvalue weighted by atomic mass is 35.5. The van der Waals surface area contributed by atoms with Gasteiger partial charge in [-0.05, 0) is 24.1 Å². The van der Waals surface area contributed by atoms with Crippen molar-refractivity contribution in [1.82, 2.24) is 9.97 Å². The number of hydrogen-bond acceptors (Lipinski definition) is 3. The van der Waals surface area contributed by atoms with E-state index in [-0.39, 0.29) is 11.3 Å². The van der Waals surface area contributed by atoms with Gasteiger partial charge in [0.2, 0.25) is 5.28 Å². The Morgan fingerprint density at radius 2 is 2.50 bits per heavy atom. The minimum atomic E-state index is 0.00552. The van der Waals surface area contributed by atoms with Crippen molar-refractivity contribution >= 4 is 17.4 Å².